The summed E-state index contributed by atoms with van der Waals surface area (Å²) in [5.74, 6) is 0. The van der Waals surface area contributed by atoms with E-state index in [0.717, 1.165) is 31.4 Å². The Morgan fingerprint density at radius 2 is 2.18 bits per heavy atom. The molecule has 90 valence electrons. The number of piperidine rings is 1. The normalized spacial score (nSPS) is 18.9. The molecule has 0 saturated carbocycles. The van der Waals surface area contributed by atoms with Gasteiger partial charge in [-0.3, -0.25) is 9.55 Å². The van der Waals surface area contributed by atoms with Crippen molar-refractivity contribution in [1.82, 2.24) is 24.6 Å². The second-order valence-electron chi connectivity index (χ2n) is 4.60. The van der Waals surface area contributed by atoms with Crippen LogP contribution in [0.15, 0.2) is 17.1 Å². The standard InChI is InChI=1S/C11H15N5O/c1-15-6-3-8(4-7-15)16-9-2-5-12-14-10(9)13-11(16)17/h2,5,8H,3-4,6-7H2,1H3,(H,13,14,17). The topological polar surface area (TPSA) is 66.8 Å². The fourth-order valence-electron chi connectivity index (χ4n) is 2.50. The molecule has 0 amide bonds. The van der Waals surface area contributed by atoms with Crippen molar-refractivity contribution >= 4 is 11.2 Å². The molecular formula is C11H15N5O. The van der Waals surface area contributed by atoms with Crippen molar-refractivity contribution in [2.24, 2.45) is 0 Å². The van der Waals surface area contributed by atoms with Gasteiger partial charge in [0.25, 0.3) is 0 Å². The summed E-state index contributed by atoms with van der Waals surface area (Å²) >= 11 is 0. The van der Waals surface area contributed by atoms with Crippen molar-refractivity contribution in [2.75, 3.05) is 20.1 Å². The molecule has 1 saturated heterocycles. The van der Waals surface area contributed by atoms with Crippen LogP contribution in [0.3, 0.4) is 0 Å². The Kier molecular flexibility index (Phi) is 2.44. The Balaban J connectivity index is 2.05. The lowest BCUT2D eigenvalue weighted by molar-refractivity contribution is 0.221. The van der Waals surface area contributed by atoms with Crippen molar-refractivity contribution in [2.45, 2.75) is 18.9 Å². The largest absolute Gasteiger partial charge is 0.327 e. The molecule has 1 N–H and O–H groups in total. The van der Waals surface area contributed by atoms with Crippen LogP contribution in [0.25, 0.3) is 11.2 Å². The van der Waals surface area contributed by atoms with Gasteiger partial charge in [0.1, 0.15) is 0 Å². The van der Waals surface area contributed by atoms with Crippen LogP contribution < -0.4 is 5.69 Å². The monoisotopic (exact) mass is 233 g/mol. The van der Waals surface area contributed by atoms with E-state index in [4.69, 9.17) is 0 Å². The second-order valence-corrected chi connectivity index (χ2v) is 4.60. The van der Waals surface area contributed by atoms with E-state index in [1.807, 2.05) is 10.6 Å². The highest BCUT2D eigenvalue weighted by atomic mass is 16.1. The minimum atomic E-state index is -0.0740. The van der Waals surface area contributed by atoms with Gasteiger partial charge in [0.05, 0.1) is 11.7 Å². The number of hydrogen-bond donors (Lipinski definition) is 1. The molecule has 0 spiro atoms. The summed E-state index contributed by atoms with van der Waals surface area (Å²) in [6.07, 6.45) is 3.64. The van der Waals surface area contributed by atoms with Gasteiger partial charge in [0.2, 0.25) is 0 Å². The highest BCUT2D eigenvalue weighted by molar-refractivity contribution is 5.69. The third-order valence-corrected chi connectivity index (χ3v) is 3.46. The molecule has 1 fully saturated rings. The van der Waals surface area contributed by atoms with Gasteiger partial charge in [0, 0.05) is 6.04 Å². The van der Waals surface area contributed by atoms with E-state index >= 15 is 0 Å². The van der Waals surface area contributed by atoms with Crippen molar-refractivity contribution in [3.8, 4) is 0 Å². The van der Waals surface area contributed by atoms with Crippen LogP contribution in [0.2, 0.25) is 0 Å². The molecule has 6 heteroatoms. The van der Waals surface area contributed by atoms with Gasteiger partial charge >= 0.3 is 5.69 Å². The summed E-state index contributed by atoms with van der Waals surface area (Å²) in [4.78, 5) is 17.0. The molecule has 3 heterocycles. The highest BCUT2D eigenvalue weighted by Gasteiger charge is 2.22. The molecule has 0 aliphatic carbocycles. The Labute approximate surface area is 98.3 Å². The van der Waals surface area contributed by atoms with E-state index in [0.29, 0.717) is 5.65 Å². The van der Waals surface area contributed by atoms with Crippen LogP contribution in [0.4, 0.5) is 0 Å². The van der Waals surface area contributed by atoms with Crippen LogP contribution >= 0.6 is 0 Å². The van der Waals surface area contributed by atoms with Gasteiger partial charge in [-0.2, -0.15) is 5.10 Å². The van der Waals surface area contributed by atoms with Crippen LogP contribution in [-0.2, 0) is 0 Å². The number of aromatic amines is 1. The fraction of sp³-hybridized carbons (Fsp3) is 0.545. The molecule has 0 aromatic carbocycles. The minimum Gasteiger partial charge on any atom is -0.306 e. The summed E-state index contributed by atoms with van der Waals surface area (Å²) in [6.45, 7) is 2.06. The summed E-state index contributed by atoms with van der Waals surface area (Å²) in [5, 5.41) is 7.72. The van der Waals surface area contributed by atoms with Gasteiger partial charge in [-0.1, -0.05) is 0 Å². The fourth-order valence-corrected chi connectivity index (χ4v) is 2.50. The number of aromatic nitrogens is 4. The van der Waals surface area contributed by atoms with Crippen LogP contribution in [0, 0.1) is 0 Å². The Hall–Kier alpha value is -1.69. The highest BCUT2D eigenvalue weighted by Crippen LogP contribution is 2.22. The van der Waals surface area contributed by atoms with Gasteiger partial charge in [0.15, 0.2) is 5.65 Å². The number of hydrogen-bond acceptors (Lipinski definition) is 4. The lowest BCUT2D eigenvalue weighted by atomic mass is 10.1. The first-order valence-electron chi connectivity index (χ1n) is 5.86. The maximum atomic E-state index is 11.9. The third kappa shape index (κ3) is 1.74. The Morgan fingerprint density at radius 3 is 2.94 bits per heavy atom. The number of nitrogens with zero attached hydrogens (tertiary/aromatic N) is 4. The van der Waals surface area contributed by atoms with Gasteiger partial charge in [-0.25, -0.2) is 4.79 Å². The van der Waals surface area contributed by atoms with Crippen LogP contribution in [0.1, 0.15) is 18.9 Å². The van der Waals surface area contributed by atoms with Crippen molar-refractivity contribution < 1.29 is 0 Å². The average Bonchev–Trinajstić information content (AvgIpc) is 2.66. The molecule has 6 nitrogen and oxygen atoms in total. The summed E-state index contributed by atoms with van der Waals surface area (Å²) in [6, 6.07) is 2.12. The average molecular weight is 233 g/mol. The molecule has 2 aromatic rings. The van der Waals surface area contributed by atoms with E-state index in [2.05, 4.69) is 27.1 Å². The van der Waals surface area contributed by atoms with E-state index in [1.165, 1.54) is 0 Å². The predicted octanol–water partition coefficient (Wildman–Crippen LogP) is 0.386. The molecule has 1 aliphatic heterocycles. The molecule has 0 atom stereocenters. The van der Waals surface area contributed by atoms with Gasteiger partial charge < -0.3 is 4.90 Å². The molecule has 0 bridgehead atoms. The van der Waals surface area contributed by atoms with Crippen molar-refractivity contribution in [1.29, 1.82) is 0 Å². The lowest BCUT2D eigenvalue weighted by Crippen LogP contribution is -2.34. The number of likely N-dealkylation sites (tertiary alicyclic amines) is 1. The SMILES string of the molecule is CN1CCC(n2c(=O)[nH]c3nnccc32)CC1. The predicted molar refractivity (Wildman–Crippen MR) is 63.9 cm³/mol. The summed E-state index contributed by atoms with van der Waals surface area (Å²) in [5.41, 5.74) is 1.37. The van der Waals surface area contributed by atoms with E-state index in [9.17, 15) is 4.79 Å². The smallest absolute Gasteiger partial charge is 0.306 e. The molecule has 3 rings (SSSR count). The number of nitrogens with one attached hydrogen (secondary N) is 1. The summed E-state index contributed by atoms with van der Waals surface area (Å²) in [7, 11) is 2.11. The minimum absolute atomic E-state index is 0.0740. The Morgan fingerprint density at radius 1 is 1.41 bits per heavy atom. The maximum Gasteiger partial charge on any atom is 0.327 e. The first-order chi connectivity index (χ1) is 8.25. The quantitative estimate of drug-likeness (QED) is 0.773. The van der Waals surface area contributed by atoms with Crippen LogP contribution in [-0.4, -0.2) is 44.8 Å². The van der Waals surface area contributed by atoms with Gasteiger partial charge in [-0.15, -0.1) is 5.10 Å². The molecule has 0 unspecified atom stereocenters. The number of H-pyrrole nitrogens is 1. The summed E-state index contributed by atoms with van der Waals surface area (Å²) < 4.78 is 1.83. The molecular weight excluding hydrogens is 218 g/mol. The number of rotatable bonds is 1. The third-order valence-electron chi connectivity index (χ3n) is 3.46. The number of fused-ring (bicyclic) bond motifs is 1. The zero-order valence-electron chi connectivity index (χ0n) is 9.76. The second kappa shape index (κ2) is 3.96. The number of imidazole rings is 1. The van der Waals surface area contributed by atoms with Crippen molar-refractivity contribution in [3.63, 3.8) is 0 Å². The molecule has 2 aromatic heterocycles. The van der Waals surface area contributed by atoms with Crippen LogP contribution in [0.5, 0.6) is 0 Å². The molecule has 1 aliphatic rings. The van der Waals surface area contributed by atoms with Crippen molar-refractivity contribution in [3.05, 3.63) is 22.7 Å². The van der Waals surface area contributed by atoms with E-state index in [1.54, 1.807) is 6.20 Å². The van der Waals surface area contributed by atoms with Gasteiger partial charge in [-0.05, 0) is 39.0 Å². The molecule has 17 heavy (non-hydrogen) atoms. The Bertz CT molecular complexity index is 579. The van der Waals surface area contributed by atoms with E-state index in [-0.39, 0.29) is 11.7 Å². The molecule has 0 radical (unpaired) electrons. The van der Waals surface area contributed by atoms with E-state index < -0.39 is 0 Å². The maximum absolute atomic E-state index is 11.9. The lowest BCUT2D eigenvalue weighted by Gasteiger charge is -2.29. The zero-order chi connectivity index (χ0) is 11.8. The first kappa shape index (κ1) is 10.5. The first-order valence-corrected chi connectivity index (χ1v) is 5.86. The zero-order valence-corrected chi connectivity index (χ0v) is 9.76.